The first-order valence-corrected chi connectivity index (χ1v) is 9.47. The Bertz CT molecular complexity index is 925. The highest BCUT2D eigenvalue weighted by Crippen LogP contribution is 2.22. The SMILES string of the molecule is Cc1ccccc1COc1ccc(/C=N\N=C2\NC(=O)[C@@H](CC(=O)O)S2)cc1. The Kier molecular flexibility index (Phi) is 6.44. The summed E-state index contributed by atoms with van der Waals surface area (Å²) >= 11 is 1.07. The first-order valence-electron chi connectivity index (χ1n) is 8.59. The van der Waals surface area contributed by atoms with Gasteiger partial charge in [0, 0.05) is 0 Å². The van der Waals surface area contributed by atoms with Gasteiger partial charge < -0.3 is 15.2 Å². The molecule has 1 fully saturated rings. The van der Waals surface area contributed by atoms with Crippen LogP contribution in [0.1, 0.15) is 23.1 Å². The molecule has 3 rings (SSSR count). The average Bonchev–Trinajstić information content (AvgIpc) is 3.01. The van der Waals surface area contributed by atoms with E-state index >= 15 is 0 Å². The molecule has 0 saturated carbocycles. The van der Waals surface area contributed by atoms with Crippen LogP contribution in [-0.2, 0) is 16.2 Å². The molecule has 8 heteroatoms. The number of carbonyl (C=O) groups excluding carboxylic acids is 1. The number of amidine groups is 1. The first kappa shape index (κ1) is 19.6. The Balaban J connectivity index is 1.53. The Morgan fingerprint density at radius 2 is 2.00 bits per heavy atom. The van der Waals surface area contributed by atoms with Crippen LogP contribution < -0.4 is 10.1 Å². The molecule has 0 aromatic heterocycles. The van der Waals surface area contributed by atoms with E-state index in [4.69, 9.17) is 9.84 Å². The molecule has 2 aromatic carbocycles. The summed E-state index contributed by atoms with van der Waals surface area (Å²) in [4.78, 5) is 22.3. The second-order valence-corrected chi connectivity index (χ2v) is 7.32. The van der Waals surface area contributed by atoms with Crippen molar-refractivity contribution in [2.45, 2.75) is 25.2 Å². The number of carboxylic acid groups (broad SMARTS) is 1. The second kappa shape index (κ2) is 9.18. The van der Waals surface area contributed by atoms with Crippen LogP contribution >= 0.6 is 11.8 Å². The lowest BCUT2D eigenvalue weighted by Crippen LogP contribution is -2.26. The van der Waals surface area contributed by atoms with E-state index in [1.165, 1.54) is 5.56 Å². The predicted molar refractivity (Wildman–Crippen MR) is 109 cm³/mol. The summed E-state index contributed by atoms with van der Waals surface area (Å²) in [7, 11) is 0. The van der Waals surface area contributed by atoms with Gasteiger partial charge in [0.2, 0.25) is 5.91 Å². The second-order valence-electron chi connectivity index (χ2n) is 6.13. The molecule has 1 aliphatic rings. The van der Waals surface area contributed by atoms with Crippen LogP contribution in [0.15, 0.2) is 58.7 Å². The van der Waals surface area contributed by atoms with Gasteiger partial charge in [0.1, 0.15) is 17.6 Å². The highest BCUT2D eigenvalue weighted by molar-refractivity contribution is 8.15. The van der Waals surface area contributed by atoms with Gasteiger partial charge >= 0.3 is 5.97 Å². The molecule has 28 heavy (non-hydrogen) atoms. The molecule has 0 bridgehead atoms. The Hall–Kier alpha value is -3.13. The molecule has 1 atom stereocenters. The van der Waals surface area contributed by atoms with E-state index in [0.717, 1.165) is 28.6 Å². The lowest BCUT2D eigenvalue weighted by molar-refractivity contribution is -0.138. The third-order valence-corrected chi connectivity index (χ3v) is 5.10. The molecule has 1 saturated heterocycles. The van der Waals surface area contributed by atoms with Crippen molar-refractivity contribution in [3.8, 4) is 5.75 Å². The molecule has 7 nitrogen and oxygen atoms in total. The van der Waals surface area contributed by atoms with Gasteiger partial charge in [0.05, 0.1) is 12.6 Å². The Labute approximate surface area is 166 Å². The molecule has 2 aromatic rings. The minimum absolute atomic E-state index is 0.247. The molecule has 1 aliphatic heterocycles. The number of nitrogens with one attached hydrogen (secondary N) is 1. The van der Waals surface area contributed by atoms with Crippen molar-refractivity contribution in [2.75, 3.05) is 0 Å². The zero-order chi connectivity index (χ0) is 19.9. The lowest BCUT2D eigenvalue weighted by Gasteiger charge is -2.08. The van der Waals surface area contributed by atoms with Crippen LogP contribution in [0.2, 0.25) is 0 Å². The van der Waals surface area contributed by atoms with Gasteiger partial charge in [-0.25, -0.2) is 0 Å². The molecule has 0 aliphatic carbocycles. The van der Waals surface area contributed by atoms with E-state index in [9.17, 15) is 9.59 Å². The number of carboxylic acids is 1. The molecule has 0 radical (unpaired) electrons. The summed E-state index contributed by atoms with van der Waals surface area (Å²) < 4.78 is 5.80. The van der Waals surface area contributed by atoms with Gasteiger partial charge in [0.25, 0.3) is 0 Å². The van der Waals surface area contributed by atoms with Gasteiger partial charge in [-0.2, -0.15) is 5.10 Å². The molecule has 144 valence electrons. The van der Waals surface area contributed by atoms with Crippen LogP contribution in [-0.4, -0.2) is 33.6 Å². The third-order valence-electron chi connectivity index (χ3n) is 4.03. The number of rotatable bonds is 7. The summed E-state index contributed by atoms with van der Waals surface area (Å²) in [6, 6.07) is 15.5. The number of aliphatic carboxylic acids is 1. The quantitative estimate of drug-likeness (QED) is 0.553. The molecule has 0 unspecified atom stereocenters. The van der Waals surface area contributed by atoms with E-state index in [2.05, 4.69) is 28.5 Å². The topological polar surface area (TPSA) is 100 Å². The number of hydrogen-bond acceptors (Lipinski definition) is 6. The number of amides is 1. The van der Waals surface area contributed by atoms with Crippen molar-refractivity contribution in [3.05, 3.63) is 65.2 Å². The molecule has 1 amide bonds. The van der Waals surface area contributed by atoms with Crippen molar-refractivity contribution in [2.24, 2.45) is 10.2 Å². The van der Waals surface area contributed by atoms with E-state index in [-0.39, 0.29) is 12.3 Å². The van der Waals surface area contributed by atoms with Crippen LogP contribution in [0.3, 0.4) is 0 Å². The van der Waals surface area contributed by atoms with Crippen molar-refractivity contribution in [3.63, 3.8) is 0 Å². The number of benzene rings is 2. The number of hydrogen-bond donors (Lipinski definition) is 2. The van der Waals surface area contributed by atoms with Gasteiger partial charge in [-0.3, -0.25) is 9.59 Å². The maximum Gasteiger partial charge on any atom is 0.305 e. The van der Waals surface area contributed by atoms with Crippen molar-refractivity contribution < 1.29 is 19.4 Å². The van der Waals surface area contributed by atoms with Crippen molar-refractivity contribution in [1.82, 2.24) is 5.32 Å². The monoisotopic (exact) mass is 397 g/mol. The third kappa shape index (κ3) is 5.43. The zero-order valence-corrected chi connectivity index (χ0v) is 16.0. The highest BCUT2D eigenvalue weighted by atomic mass is 32.2. The summed E-state index contributed by atoms with van der Waals surface area (Å²) in [5.41, 5.74) is 3.15. The van der Waals surface area contributed by atoms with Gasteiger partial charge in [-0.1, -0.05) is 36.0 Å². The lowest BCUT2D eigenvalue weighted by atomic mass is 10.1. The van der Waals surface area contributed by atoms with E-state index in [0.29, 0.717) is 11.8 Å². The van der Waals surface area contributed by atoms with E-state index in [1.54, 1.807) is 6.21 Å². The van der Waals surface area contributed by atoms with Crippen molar-refractivity contribution >= 4 is 35.0 Å². The standard InChI is InChI=1S/C20H19N3O4S/c1-13-4-2-3-5-15(13)12-27-16-8-6-14(7-9-16)11-21-23-20-22-19(26)17(28-20)10-18(24)25/h2-9,11,17H,10,12H2,1H3,(H,24,25)(H,22,23,26)/b21-11-/t17-/m1/s1. The summed E-state index contributed by atoms with van der Waals surface area (Å²) in [6.07, 6.45) is 1.30. The summed E-state index contributed by atoms with van der Waals surface area (Å²) in [6.45, 7) is 2.55. The van der Waals surface area contributed by atoms with Crippen LogP contribution in [0, 0.1) is 6.92 Å². The fraction of sp³-hybridized carbons (Fsp3) is 0.200. The van der Waals surface area contributed by atoms with Gasteiger partial charge in [-0.15, -0.1) is 5.10 Å². The van der Waals surface area contributed by atoms with E-state index in [1.807, 2.05) is 42.5 Å². The first-order chi connectivity index (χ1) is 13.5. The van der Waals surface area contributed by atoms with Crippen molar-refractivity contribution in [1.29, 1.82) is 0 Å². The minimum atomic E-state index is -1.03. The Morgan fingerprint density at radius 3 is 2.71 bits per heavy atom. The normalized spacial score (nSPS) is 17.8. The average molecular weight is 397 g/mol. The number of thioether (sulfide) groups is 1. The highest BCUT2D eigenvalue weighted by Gasteiger charge is 2.32. The maximum absolute atomic E-state index is 11.6. The Morgan fingerprint density at radius 1 is 1.25 bits per heavy atom. The number of carbonyl (C=O) groups is 2. The summed E-state index contributed by atoms with van der Waals surface area (Å²) in [5.74, 6) is -0.638. The van der Waals surface area contributed by atoms with Crippen LogP contribution in [0.25, 0.3) is 0 Å². The zero-order valence-electron chi connectivity index (χ0n) is 15.2. The smallest absolute Gasteiger partial charge is 0.305 e. The molecule has 1 heterocycles. The maximum atomic E-state index is 11.6. The number of nitrogens with zero attached hydrogens (tertiary/aromatic N) is 2. The van der Waals surface area contributed by atoms with Crippen LogP contribution in [0.5, 0.6) is 5.75 Å². The fourth-order valence-electron chi connectivity index (χ4n) is 2.48. The van der Waals surface area contributed by atoms with E-state index < -0.39 is 11.2 Å². The minimum Gasteiger partial charge on any atom is -0.489 e. The largest absolute Gasteiger partial charge is 0.489 e. The molecular formula is C20H19N3O4S. The van der Waals surface area contributed by atoms with Gasteiger partial charge in [0.15, 0.2) is 5.17 Å². The number of ether oxygens (including phenoxy) is 1. The molecule has 2 N–H and O–H groups in total. The van der Waals surface area contributed by atoms with Gasteiger partial charge in [-0.05, 0) is 47.9 Å². The molecular weight excluding hydrogens is 378 g/mol. The number of aryl methyl sites for hydroxylation is 1. The fourth-order valence-corrected chi connectivity index (χ4v) is 3.39. The van der Waals surface area contributed by atoms with Crippen LogP contribution in [0.4, 0.5) is 0 Å². The summed E-state index contributed by atoms with van der Waals surface area (Å²) in [5, 5.41) is 18.8. The molecule has 0 spiro atoms. The predicted octanol–water partition coefficient (Wildman–Crippen LogP) is 2.97.